The van der Waals surface area contributed by atoms with E-state index in [-0.39, 0.29) is 17.6 Å². The molecule has 2 aromatic rings. The van der Waals surface area contributed by atoms with Gasteiger partial charge in [-0.25, -0.2) is 4.39 Å². The third kappa shape index (κ3) is 3.23. The average Bonchev–Trinajstić information content (AvgIpc) is 3.29. The normalized spacial score (nSPS) is 14.9. The summed E-state index contributed by atoms with van der Waals surface area (Å²) in [5, 5.41) is 5.57. The fourth-order valence-electron chi connectivity index (χ4n) is 2.67. The van der Waals surface area contributed by atoms with Gasteiger partial charge in [0.05, 0.1) is 5.41 Å². The maximum atomic E-state index is 13.1. The Bertz CT molecular complexity index is 752. The number of benzene rings is 2. The molecule has 2 N–H and O–H groups in total. The molecule has 3 rings (SSSR count). The van der Waals surface area contributed by atoms with E-state index in [0.29, 0.717) is 11.4 Å². The van der Waals surface area contributed by atoms with Gasteiger partial charge in [0.2, 0.25) is 11.8 Å². The Hall–Kier alpha value is -2.69. The largest absolute Gasteiger partial charge is 0.326 e. The molecule has 0 aliphatic heterocycles. The van der Waals surface area contributed by atoms with Gasteiger partial charge in [-0.05, 0) is 48.7 Å². The Labute approximate surface area is 133 Å². The topological polar surface area (TPSA) is 58.2 Å². The van der Waals surface area contributed by atoms with Gasteiger partial charge in [-0.15, -0.1) is 0 Å². The zero-order valence-electron chi connectivity index (χ0n) is 12.7. The van der Waals surface area contributed by atoms with Crippen LogP contribution in [-0.4, -0.2) is 11.8 Å². The van der Waals surface area contributed by atoms with Gasteiger partial charge in [0.15, 0.2) is 0 Å². The Morgan fingerprint density at radius 3 is 2.17 bits per heavy atom. The van der Waals surface area contributed by atoms with Crippen molar-refractivity contribution in [2.75, 3.05) is 10.6 Å². The molecule has 0 radical (unpaired) electrons. The molecule has 2 aromatic carbocycles. The number of anilines is 2. The van der Waals surface area contributed by atoms with E-state index in [1.165, 1.54) is 19.1 Å². The lowest BCUT2D eigenvalue weighted by Gasteiger charge is -2.16. The fourth-order valence-corrected chi connectivity index (χ4v) is 2.67. The second-order valence-corrected chi connectivity index (χ2v) is 5.81. The van der Waals surface area contributed by atoms with Crippen LogP contribution in [0.2, 0.25) is 0 Å². The molecule has 5 heteroatoms. The standard InChI is InChI=1S/C18H17FN2O2/c1-12(22)20-15-3-2-4-16(11-15)21-17(23)18(9-10-18)13-5-7-14(19)8-6-13/h2-8,11H,9-10H2,1H3,(H,20,22)(H,21,23). The molecule has 1 fully saturated rings. The molecule has 4 nitrogen and oxygen atoms in total. The predicted molar refractivity (Wildman–Crippen MR) is 86.7 cm³/mol. The first-order valence-corrected chi connectivity index (χ1v) is 7.45. The Morgan fingerprint density at radius 2 is 1.61 bits per heavy atom. The first-order valence-electron chi connectivity index (χ1n) is 7.45. The van der Waals surface area contributed by atoms with E-state index in [0.717, 1.165) is 18.4 Å². The van der Waals surface area contributed by atoms with E-state index in [2.05, 4.69) is 10.6 Å². The molecule has 23 heavy (non-hydrogen) atoms. The van der Waals surface area contributed by atoms with Gasteiger partial charge in [-0.3, -0.25) is 9.59 Å². The number of hydrogen-bond donors (Lipinski definition) is 2. The van der Waals surface area contributed by atoms with Gasteiger partial charge < -0.3 is 10.6 Å². The van der Waals surface area contributed by atoms with Crippen molar-refractivity contribution in [3.8, 4) is 0 Å². The second-order valence-electron chi connectivity index (χ2n) is 5.81. The van der Waals surface area contributed by atoms with Gasteiger partial charge in [0.25, 0.3) is 0 Å². The summed E-state index contributed by atoms with van der Waals surface area (Å²) >= 11 is 0. The van der Waals surface area contributed by atoms with Crippen LogP contribution in [-0.2, 0) is 15.0 Å². The number of rotatable bonds is 4. The van der Waals surface area contributed by atoms with Gasteiger partial charge in [-0.1, -0.05) is 18.2 Å². The molecule has 0 bridgehead atoms. The summed E-state index contributed by atoms with van der Waals surface area (Å²) in [7, 11) is 0. The van der Waals surface area contributed by atoms with Gasteiger partial charge >= 0.3 is 0 Å². The van der Waals surface area contributed by atoms with Crippen molar-refractivity contribution in [3.63, 3.8) is 0 Å². The molecular formula is C18H17FN2O2. The number of halogens is 1. The lowest BCUT2D eigenvalue weighted by atomic mass is 9.95. The Morgan fingerprint density at radius 1 is 1.00 bits per heavy atom. The van der Waals surface area contributed by atoms with Crippen LogP contribution in [0.25, 0.3) is 0 Å². The SMILES string of the molecule is CC(=O)Nc1cccc(NC(=O)C2(c3ccc(F)cc3)CC2)c1. The van der Waals surface area contributed by atoms with Crippen molar-refractivity contribution >= 4 is 23.2 Å². The first kappa shape index (κ1) is 15.2. The maximum Gasteiger partial charge on any atom is 0.235 e. The second kappa shape index (κ2) is 5.83. The third-order valence-corrected chi connectivity index (χ3v) is 4.02. The van der Waals surface area contributed by atoms with Crippen molar-refractivity contribution in [1.29, 1.82) is 0 Å². The molecule has 0 atom stereocenters. The molecule has 0 spiro atoms. The van der Waals surface area contributed by atoms with Gasteiger partial charge in [0.1, 0.15) is 5.82 Å². The highest BCUT2D eigenvalue weighted by Crippen LogP contribution is 2.49. The highest BCUT2D eigenvalue weighted by atomic mass is 19.1. The van der Waals surface area contributed by atoms with Gasteiger partial charge in [-0.2, -0.15) is 0 Å². The number of carbonyl (C=O) groups is 2. The molecule has 0 unspecified atom stereocenters. The van der Waals surface area contributed by atoms with Crippen molar-refractivity contribution in [1.82, 2.24) is 0 Å². The molecule has 118 valence electrons. The van der Waals surface area contributed by atoms with Crippen molar-refractivity contribution in [3.05, 3.63) is 59.9 Å². The van der Waals surface area contributed by atoms with E-state index < -0.39 is 5.41 Å². The molecule has 2 amide bonds. The monoisotopic (exact) mass is 312 g/mol. The van der Waals surface area contributed by atoms with Crippen molar-refractivity contribution in [2.45, 2.75) is 25.2 Å². The summed E-state index contributed by atoms with van der Waals surface area (Å²) in [6.07, 6.45) is 1.49. The lowest BCUT2D eigenvalue weighted by Crippen LogP contribution is -2.27. The summed E-state index contributed by atoms with van der Waals surface area (Å²) in [6, 6.07) is 13.1. The molecule has 1 saturated carbocycles. The maximum absolute atomic E-state index is 13.1. The van der Waals surface area contributed by atoms with Gasteiger partial charge in [0, 0.05) is 18.3 Å². The van der Waals surface area contributed by atoms with Crippen LogP contribution in [0, 0.1) is 5.82 Å². The average molecular weight is 312 g/mol. The highest BCUT2D eigenvalue weighted by Gasteiger charge is 2.51. The molecule has 0 aromatic heterocycles. The van der Waals surface area contributed by atoms with E-state index >= 15 is 0 Å². The van der Waals surface area contributed by atoms with Crippen LogP contribution in [0.15, 0.2) is 48.5 Å². The molecule has 1 aliphatic rings. The minimum Gasteiger partial charge on any atom is -0.326 e. The van der Waals surface area contributed by atoms with Crippen molar-refractivity contribution in [2.24, 2.45) is 0 Å². The van der Waals surface area contributed by atoms with Crippen LogP contribution in [0.4, 0.5) is 15.8 Å². The summed E-state index contributed by atoms with van der Waals surface area (Å²) in [4.78, 5) is 23.7. The number of hydrogen-bond acceptors (Lipinski definition) is 2. The number of amides is 2. The minimum absolute atomic E-state index is 0.107. The van der Waals surface area contributed by atoms with Crippen molar-refractivity contribution < 1.29 is 14.0 Å². The molecule has 1 aliphatic carbocycles. The van der Waals surface area contributed by atoms with Crippen LogP contribution in [0.3, 0.4) is 0 Å². The van der Waals surface area contributed by atoms with E-state index in [4.69, 9.17) is 0 Å². The quantitative estimate of drug-likeness (QED) is 0.908. The Balaban J connectivity index is 1.76. The summed E-state index contributed by atoms with van der Waals surface area (Å²) in [6.45, 7) is 1.43. The van der Waals surface area contributed by atoms with E-state index in [9.17, 15) is 14.0 Å². The minimum atomic E-state index is -0.572. The summed E-state index contributed by atoms with van der Waals surface area (Å²) < 4.78 is 13.1. The molecular weight excluding hydrogens is 295 g/mol. The molecule has 0 saturated heterocycles. The smallest absolute Gasteiger partial charge is 0.235 e. The van der Waals surface area contributed by atoms with Crippen LogP contribution >= 0.6 is 0 Å². The first-order chi connectivity index (χ1) is 11.0. The summed E-state index contributed by atoms with van der Waals surface area (Å²) in [5.74, 6) is -0.587. The fraction of sp³-hybridized carbons (Fsp3) is 0.222. The highest BCUT2D eigenvalue weighted by molar-refractivity contribution is 6.02. The number of nitrogens with one attached hydrogen (secondary N) is 2. The van der Waals surface area contributed by atoms with Crippen LogP contribution in [0.1, 0.15) is 25.3 Å². The summed E-state index contributed by atoms with van der Waals surface area (Å²) in [5.41, 5.74) is 1.50. The molecule has 0 heterocycles. The van der Waals surface area contributed by atoms with E-state index in [1.807, 2.05) is 0 Å². The Kier molecular flexibility index (Phi) is 3.86. The zero-order chi connectivity index (χ0) is 16.4. The predicted octanol–water partition coefficient (Wildman–Crippen LogP) is 3.45. The van der Waals surface area contributed by atoms with Crippen LogP contribution in [0.5, 0.6) is 0 Å². The third-order valence-electron chi connectivity index (χ3n) is 4.02. The van der Waals surface area contributed by atoms with E-state index in [1.54, 1.807) is 36.4 Å². The van der Waals surface area contributed by atoms with Crippen LogP contribution < -0.4 is 10.6 Å². The lowest BCUT2D eigenvalue weighted by molar-refractivity contribution is -0.118. The number of carbonyl (C=O) groups excluding carboxylic acids is 2. The zero-order valence-corrected chi connectivity index (χ0v) is 12.7.